The van der Waals surface area contributed by atoms with Crippen LogP contribution in [0.1, 0.15) is 38.2 Å². The molecule has 2 rings (SSSR count). The second-order valence-electron chi connectivity index (χ2n) is 6.27. The summed E-state index contributed by atoms with van der Waals surface area (Å²) in [5.74, 6) is 0.504. The van der Waals surface area contributed by atoms with E-state index >= 15 is 0 Å². The van der Waals surface area contributed by atoms with E-state index in [1.807, 2.05) is 6.07 Å². The first-order chi connectivity index (χ1) is 9.63. The quantitative estimate of drug-likeness (QED) is 0.766. The molecule has 1 unspecified atom stereocenters. The summed E-state index contributed by atoms with van der Waals surface area (Å²) in [4.78, 5) is 11.9. The predicted molar refractivity (Wildman–Crippen MR) is 80.3 cm³/mol. The van der Waals surface area contributed by atoms with Gasteiger partial charge in [-0.2, -0.15) is 0 Å². The lowest BCUT2D eigenvalue weighted by Gasteiger charge is -2.15. The van der Waals surface area contributed by atoms with Crippen LogP contribution in [-0.2, 0) is 11.2 Å². The number of carbonyl (C=O) groups excluding carboxylic acids is 1. The number of aliphatic hydroxyl groups excluding tert-OH is 1. The molecular formula is C17H25NO2. The average Bonchev–Trinajstić information content (AvgIpc) is 3.25. The van der Waals surface area contributed by atoms with Gasteiger partial charge in [-0.25, -0.2) is 0 Å². The van der Waals surface area contributed by atoms with Crippen molar-refractivity contribution in [3.05, 3.63) is 35.9 Å². The van der Waals surface area contributed by atoms with Crippen LogP contribution in [0.3, 0.4) is 0 Å². The Kier molecular flexibility index (Phi) is 5.18. The minimum Gasteiger partial charge on any atom is -0.396 e. The Labute approximate surface area is 121 Å². The first kappa shape index (κ1) is 15.0. The Morgan fingerprint density at radius 1 is 1.35 bits per heavy atom. The molecule has 0 saturated heterocycles. The number of aliphatic hydroxyl groups is 1. The molecule has 20 heavy (non-hydrogen) atoms. The SMILES string of the molecule is CC(CCc1ccccc1)CC(=O)NCC1(CO)CC1. The molecule has 1 fully saturated rings. The van der Waals surface area contributed by atoms with Crippen LogP contribution in [0.5, 0.6) is 0 Å². The first-order valence-electron chi connectivity index (χ1n) is 7.55. The highest BCUT2D eigenvalue weighted by molar-refractivity contribution is 5.76. The summed E-state index contributed by atoms with van der Waals surface area (Å²) in [6.07, 6.45) is 4.70. The van der Waals surface area contributed by atoms with Gasteiger partial charge in [0.05, 0.1) is 6.61 Å². The summed E-state index contributed by atoms with van der Waals surface area (Å²) >= 11 is 0. The summed E-state index contributed by atoms with van der Waals surface area (Å²) in [6.45, 7) is 2.95. The van der Waals surface area contributed by atoms with E-state index in [1.165, 1.54) is 5.56 Å². The van der Waals surface area contributed by atoms with E-state index in [9.17, 15) is 9.90 Å². The van der Waals surface area contributed by atoms with Crippen LogP contribution in [0, 0.1) is 11.3 Å². The van der Waals surface area contributed by atoms with E-state index in [0.29, 0.717) is 18.9 Å². The van der Waals surface area contributed by atoms with E-state index in [4.69, 9.17) is 0 Å². The van der Waals surface area contributed by atoms with Gasteiger partial charge in [-0.3, -0.25) is 4.79 Å². The summed E-state index contributed by atoms with van der Waals surface area (Å²) < 4.78 is 0. The van der Waals surface area contributed by atoms with Gasteiger partial charge in [-0.15, -0.1) is 0 Å². The second-order valence-corrected chi connectivity index (χ2v) is 6.27. The zero-order chi connectivity index (χ0) is 14.4. The molecule has 1 aromatic rings. The van der Waals surface area contributed by atoms with Gasteiger partial charge in [0.25, 0.3) is 0 Å². The molecule has 0 aliphatic heterocycles. The van der Waals surface area contributed by atoms with E-state index in [0.717, 1.165) is 25.7 Å². The first-order valence-corrected chi connectivity index (χ1v) is 7.55. The van der Waals surface area contributed by atoms with Gasteiger partial charge in [0, 0.05) is 18.4 Å². The molecular weight excluding hydrogens is 250 g/mol. The molecule has 1 amide bonds. The third-order valence-corrected chi connectivity index (χ3v) is 4.26. The Morgan fingerprint density at radius 3 is 2.65 bits per heavy atom. The van der Waals surface area contributed by atoms with Crippen molar-refractivity contribution in [1.29, 1.82) is 0 Å². The summed E-state index contributed by atoms with van der Waals surface area (Å²) in [7, 11) is 0. The molecule has 3 nitrogen and oxygen atoms in total. The summed E-state index contributed by atoms with van der Waals surface area (Å²) in [6, 6.07) is 10.4. The number of aryl methyl sites for hydroxylation is 1. The van der Waals surface area contributed by atoms with Crippen molar-refractivity contribution in [2.24, 2.45) is 11.3 Å². The van der Waals surface area contributed by atoms with Crippen molar-refractivity contribution < 1.29 is 9.90 Å². The lowest BCUT2D eigenvalue weighted by molar-refractivity contribution is -0.122. The van der Waals surface area contributed by atoms with Gasteiger partial charge in [0.15, 0.2) is 0 Å². The fraction of sp³-hybridized carbons (Fsp3) is 0.588. The van der Waals surface area contributed by atoms with Gasteiger partial charge >= 0.3 is 0 Å². The smallest absolute Gasteiger partial charge is 0.220 e. The average molecular weight is 275 g/mol. The van der Waals surface area contributed by atoms with Crippen molar-refractivity contribution >= 4 is 5.91 Å². The van der Waals surface area contributed by atoms with Crippen molar-refractivity contribution in [3.63, 3.8) is 0 Å². The normalized spacial score (nSPS) is 17.5. The monoisotopic (exact) mass is 275 g/mol. The van der Waals surface area contributed by atoms with Gasteiger partial charge in [0.2, 0.25) is 5.91 Å². The highest BCUT2D eigenvalue weighted by atomic mass is 16.3. The molecule has 0 heterocycles. The van der Waals surface area contributed by atoms with E-state index in [-0.39, 0.29) is 17.9 Å². The van der Waals surface area contributed by atoms with Gasteiger partial charge < -0.3 is 10.4 Å². The van der Waals surface area contributed by atoms with Gasteiger partial charge in [0.1, 0.15) is 0 Å². The molecule has 1 saturated carbocycles. The molecule has 1 atom stereocenters. The number of rotatable bonds is 8. The summed E-state index contributed by atoms with van der Waals surface area (Å²) in [5.41, 5.74) is 1.33. The predicted octanol–water partition coefficient (Wildman–Crippen LogP) is 2.53. The maximum atomic E-state index is 11.9. The largest absolute Gasteiger partial charge is 0.396 e. The molecule has 0 spiro atoms. The second kappa shape index (κ2) is 6.89. The molecule has 3 heteroatoms. The highest BCUT2D eigenvalue weighted by Gasteiger charge is 2.42. The maximum Gasteiger partial charge on any atom is 0.220 e. The van der Waals surface area contributed by atoms with Gasteiger partial charge in [-0.05, 0) is 37.2 Å². The molecule has 0 radical (unpaired) electrons. The fourth-order valence-corrected chi connectivity index (χ4v) is 2.40. The van der Waals surface area contributed by atoms with Crippen LogP contribution in [0.2, 0.25) is 0 Å². The molecule has 1 aliphatic carbocycles. The number of carbonyl (C=O) groups is 1. The highest BCUT2D eigenvalue weighted by Crippen LogP contribution is 2.44. The minimum absolute atomic E-state index is 0.00291. The Morgan fingerprint density at radius 2 is 2.05 bits per heavy atom. The third-order valence-electron chi connectivity index (χ3n) is 4.26. The molecule has 1 aliphatic rings. The summed E-state index contributed by atoms with van der Waals surface area (Å²) in [5, 5.41) is 12.2. The van der Waals surface area contributed by atoms with E-state index in [2.05, 4.69) is 36.5 Å². The zero-order valence-corrected chi connectivity index (χ0v) is 12.3. The fourth-order valence-electron chi connectivity index (χ4n) is 2.40. The Bertz CT molecular complexity index is 426. The number of hydrogen-bond acceptors (Lipinski definition) is 2. The van der Waals surface area contributed by atoms with Crippen molar-refractivity contribution in [1.82, 2.24) is 5.32 Å². The van der Waals surface area contributed by atoms with Crippen LogP contribution in [0.4, 0.5) is 0 Å². The standard InChI is InChI=1S/C17H25NO2/c1-14(7-8-15-5-3-2-4-6-15)11-16(20)18-12-17(13-19)9-10-17/h2-6,14,19H,7-13H2,1H3,(H,18,20). The zero-order valence-electron chi connectivity index (χ0n) is 12.3. The molecule has 0 aromatic heterocycles. The molecule has 1 aromatic carbocycles. The topological polar surface area (TPSA) is 49.3 Å². The van der Waals surface area contributed by atoms with E-state index in [1.54, 1.807) is 0 Å². The minimum atomic E-state index is 0.00291. The Balaban J connectivity index is 1.63. The molecule has 0 bridgehead atoms. The lowest BCUT2D eigenvalue weighted by atomic mass is 9.98. The molecule has 110 valence electrons. The molecule has 2 N–H and O–H groups in total. The van der Waals surface area contributed by atoms with E-state index < -0.39 is 0 Å². The number of benzene rings is 1. The van der Waals surface area contributed by atoms with Crippen LogP contribution >= 0.6 is 0 Å². The van der Waals surface area contributed by atoms with Gasteiger partial charge in [-0.1, -0.05) is 37.3 Å². The van der Waals surface area contributed by atoms with Crippen LogP contribution in [0.15, 0.2) is 30.3 Å². The number of nitrogens with one attached hydrogen (secondary N) is 1. The maximum absolute atomic E-state index is 11.9. The van der Waals surface area contributed by atoms with Crippen LogP contribution < -0.4 is 5.32 Å². The van der Waals surface area contributed by atoms with Crippen molar-refractivity contribution in [2.45, 2.75) is 39.0 Å². The Hall–Kier alpha value is -1.35. The van der Waals surface area contributed by atoms with Crippen LogP contribution in [-0.4, -0.2) is 24.2 Å². The lowest BCUT2D eigenvalue weighted by Crippen LogP contribution is -2.32. The number of amides is 1. The van der Waals surface area contributed by atoms with Crippen molar-refractivity contribution in [3.8, 4) is 0 Å². The van der Waals surface area contributed by atoms with Crippen molar-refractivity contribution in [2.75, 3.05) is 13.2 Å². The third kappa shape index (κ3) is 4.64. The van der Waals surface area contributed by atoms with Crippen LogP contribution in [0.25, 0.3) is 0 Å². The number of hydrogen-bond donors (Lipinski definition) is 2.